The zero-order valence-electron chi connectivity index (χ0n) is 13.9. The van der Waals surface area contributed by atoms with Gasteiger partial charge in [0.1, 0.15) is 11.5 Å². The molecule has 1 aromatic carbocycles. The number of phenols is 1. The summed E-state index contributed by atoms with van der Waals surface area (Å²) in [4.78, 5) is 3.65. The Morgan fingerprint density at radius 1 is 0.962 bits per heavy atom. The number of nitrogens with zero attached hydrogens (tertiary/aromatic N) is 1. The average molecular weight is 390 g/mol. The van der Waals surface area contributed by atoms with Crippen molar-refractivity contribution in [3.05, 3.63) is 47.1 Å². The number of benzene rings is 1. The van der Waals surface area contributed by atoms with E-state index in [0.29, 0.717) is 19.0 Å². The first kappa shape index (κ1) is 20.2. The molecule has 1 N–H and O–H groups in total. The molecule has 0 amide bonds. The maximum Gasteiger partial charge on any atom is 0.417 e. The van der Waals surface area contributed by atoms with Crippen LogP contribution in [0, 0.1) is 0 Å². The first-order valence-electron chi connectivity index (χ1n) is 8.13. The third-order valence-electron chi connectivity index (χ3n) is 3.54. The Hall–Kier alpha value is -2.15. The van der Waals surface area contributed by atoms with Crippen molar-refractivity contribution in [2.75, 3.05) is 13.2 Å². The third kappa shape index (κ3) is 6.63. The maximum absolute atomic E-state index is 12.4. The molecular weight excluding hydrogens is 371 g/mol. The Labute approximate surface area is 154 Å². The standard InChI is InChI=1S/C18H19ClF3NO3/c19-15-11-14(6-7-16(15)24)25-9-3-1-2-4-10-26-17-8-5-13(12-23-17)18(20,21)22/h5-8,11-12,24H,1-4,9-10H2. The van der Waals surface area contributed by atoms with Crippen molar-refractivity contribution >= 4 is 11.6 Å². The largest absolute Gasteiger partial charge is 0.506 e. The third-order valence-corrected chi connectivity index (χ3v) is 3.84. The fourth-order valence-electron chi connectivity index (χ4n) is 2.14. The molecule has 2 aromatic rings. The highest BCUT2D eigenvalue weighted by Crippen LogP contribution is 2.29. The van der Waals surface area contributed by atoms with E-state index in [1.807, 2.05) is 0 Å². The van der Waals surface area contributed by atoms with Gasteiger partial charge in [0.15, 0.2) is 0 Å². The minimum Gasteiger partial charge on any atom is -0.506 e. The van der Waals surface area contributed by atoms with Crippen LogP contribution in [-0.4, -0.2) is 23.3 Å². The lowest BCUT2D eigenvalue weighted by Crippen LogP contribution is -2.06. The number of phenolic OH excluding ortho intramolecular Hbond substituents is 1. The molecule has 0 unspecified atom stereocenters. The molecule has 142 valence electrons. The molecule has 0 fully saturated rings. The summed E-state index contributed by atoms with van der Waals surface area (Å²) in [5.74, 6) is 0.802. The van der Waals surface area contributed by atoms with Gasteiger partial charge < -0.3 is 14.6 Å². The summed E-state index contributed by atoms with van der Waals surface area (Å²) in [6.45, 7) is 0.926. The quantitative estimate of drug-likeness (QED) is 0.577. The molecule has 0 atom stereocenters. The van der Waals surface area contributed by atoms with Crippen LogP contribution in [0.25, 0.3) is 0 Å². The smallest absolute Gasteiger partial charge is 0.417 e. The molecule has 0 saturated carbocycles. The number of hydrogen-bond donors (Lipinski definition) is 1. The fraction of sp³-hybridized carbons (Fsp3) is 0.389. The van der Waals surface area contributed by atoms with Gasteiger partial charge in [-0.15, -0.1) is 0 Å². The topological polar surface area (TPSA) is 51.6 Å². The zero-order chi connectivity index (χ0) is 19.0. The van der Waals surface area contributed by atoms with Gasteiger partial charge in [-0.25, -0.2) is 4.98 Å². The molecule has 0 aliphatic heterocycles. The summed E-state index contributed by atoms with van der Waals surface area (Å²) in [6, 6.07) is 6.85. The van der Waals surface area contributed by atoms with E-state index >= 15 is 0 Å². The first-order chi connectivity index (χ1) is 12.4. The van der Waals surface area contributed by atoms with E-state index in [9.17, 15) is 18.3 Å². The Kier molecular flexibility index (Phi) is 7.38. The van der Waals surface area contributed by atoms with E-state index in [0.717, 1.165) is 37.9 Å². The molecule has 0 radical (unpaired) electrons. The normalized spacial score (nSPS) is 11.4. The van der Waals surface area contributed by atoms with Gasteiger partial charge in [0, 0.05) is 18.3 Å². The van der Waals surface area contributed by atoms with Gasteiger partial charge in [-0.05, 0) is 43.9 Å². The van der Waals surface area contributed by atoms with Gasteiger partial charge in [-0.3, -0.25) is 0 Å². The summed E-state index contributed by atoms with van der Waals surface area (Å²) in [7, 11) is 0. The predicted molar refractivity (Wildman–Crippen MR) is 91.8 cm³/mol. The molecule has 0 bridgehead atoms. The summed E-state index contributed by atoms with van der Waals surface area (Å²) in [5, 5.41) is 9.56. The van der Waals surface area contributed by atoms with Crippen LogP contribution >= 0.6 is 11.6 Å². The van der Waals surface area contributed by atoms with E-state index in [4.69, 9.17) is 21.1 Å². The maximum atomic E-state index is 12.4. The Morgan fingerprint density at radius 3 is 2.23 bits per heavy atom. The van der Waals surface area contributed by atoms with Crippen molar-refractivity contribution in [3.8, 4) is 17.4 Å². The van der Waals surface area contributed by atoms with Crippen molar-refractivity contribution in [3.63, 3.8) is 0 Å². The van der Waals surface area contributed by atoms with E-state index in [-0.39, 0.29) is 16.7 Å². The van der Waals surface area contributed by atoms with Crippen LogP contribution in [0.2, 0.25) is 5.02 Å². The minimum atomic E-state index is -4.39. The number of aromatic nitrogens is 1. The van der Waals surface area contributed by atoms with E-state index in [1.54, 1.807) is 12.1 Å². The lowest BCUT2D eigenvalue weighted by Gasteiger charge is -2.09. The average Bonchev–Trinajstić information content (AvgIpc) is 2.60. The van der Waals surface area contributed by atoms with Crippen LogP contribution in [0.5, 0.6) is 17.4 Å². The van der Waals surface area contributed by atoms with Crippen LogP contribution in [0.1, 0.15) is 31.2 Å². The Balaban J connectivity index is 1.54. The molecule has 0 saturated heterocycles. The fourth-order valence-corrected chi connectivity index (χ4v) is 2.31. The molecule has 0 spiro atoms. The van der Waals surface area contributed by atoms with Gasteiger partial charge in [-0.1, -0.05) is 11.6 Å². The van der Waals surface area contributed by atoms with Crippen molar-refractivity contribution < 1.29 is 27.8 Å². The molecule has 1 heterocycles. The van der Waals surface area contributed by atoms with Crippen LogP contribution in [0.15, 0.2) is 36.5 Å². The van der Waals surface area contributed by atoms with Crippen molar-refractivity contribution in [2.45, 2.75) is 31.9 Å². The molecular formula is C18H19ClF3NO3. The molecule has 1 aromatic heterocycles. The lowest BCUT2D eigenvalue weighted by atomic mass is 10.2. The monoisotopic (exact) mass is 389 g/mol. The Bertz CT molecular complexity index is 693. The van der Waals surface area contributed by atoms with Gasteiger partial charge >= 0.3 is 6.18 Å². The molecule has 0 aliphatic carbocycles. The lowest BCUT2D eigenvalue weighted by molar-refractivity contribution is -0.137. The number of pyridine rings is 1. The van der Waals surface area contributed by atoms with Crippen molar-refractivity contribution in [1.29, 1.82) is 0 Å². The SMILES string of the molecule is Oc1ccc(OCCCCCCOc2ccc(C(F)(F)F)cn2)cc1Cl. The van der Waals surface area contributed by atoms with Gasteiger partial charge in [-0.2, -0.15) is 13.2 Å². The molecule has 2 rings (SSSR count). The van der Waals surface area contributed by atoms with E-state index in [2.05, 4.69) is 4.98 Å². The van der Waals surface area contributed by atoms with E-state index < -0.39 is 11.7 Å². The molecule has 26 heavy (non-hydrogen) atoms. The van der Waals surface area contributed by atoms with Gasteiger partial charge in [0.25, 0.3) is 0 Å². The number of alkyl halides is 3. The first-order valence-corrected chi connectivity index (χ1v) is 8.51. The van der Waals surface area contributed by atoms with Gasteiger partial charge in [0.05, 0.1) is 23.8 Å². The second-order valence-electron chi connectivity index (χ2n) is 5.61. The number of ether oxygens (including phenoxy) is 2. The van der Waals surface area contributed by atoms with Crippen LogP contribution < -0.4 is 9.47 Å². The second-order valence-corrected chi connectivity index (χ2v) is 6.01. The van der Waals surface area contributed by atoms with Crippen molar-refractivity contribution in [2.24, 2.45) is 0 Å². The number of hydrogen-bond acceptors (Lipinski definition) is 4. The molecule has 0 aliphatic rings. The number of rotatable bonds is 9. The number of unbranched alkanes of at least 4 members (excludes halogenated alkanes) is 3. The second kappa shape index (κ2) is 9.52. The van der Waals surface area contributed by atoms with Crippen LogP contribution in [-0.2, 0) is 6.18 Å². The summed E-state index contributed by atoms with van der Waals surface area (Å²) in [5.41, 5.74) is -0.792. The summed E-state index contributed by atoms with van der Waals surface area (Å²) in [6.07, 6.45) is -0.179. The zero-order valence-corrected chi connectivity index (χ0v) is 14.7. The van der Waals surface area contributed by atoms with Crippen molar-refractivity contribution in [1.82, 2.24) is 4.98 Å². The highest BCUT2D eigenvalue weighted by molar-refractivity contribution is 6.32. The number of aromatic hydroxyl groups is 1. The minimum absolute atomic E-state index is 0.0153. The molecule has 8 heteroatoms. The summed E-state index contributed by atoms with van der Waals surface area (Å²) >= 11 is 5.79. The predicted octanol–water partition coefficient (Wildman–Crippen LogP) is 5.48. The Morgan fingerprint density at radius 2 is 1.65 bits per heavy atom. The van der Waals surface area contributed by atoms with E-state index in [1.165, 1.54) is 12.1 Å². The van der Waals surface area contributed by atoms with Gasteiger partial charge in [0.2, 0.25) is 5.88 Å². The highest BCUT2D eigenvalue weighted by atomic mass is 35.5. The van der Waals surface area contributed by atoms with Crippen LogP contribution in [0.3, 0.4) is 0 Å². The molecule has 4 nitrogen and oxygen atoms in total. The van der Waals surface area contributed by atoms with Crippen LogP contribution in [0.4, 0.5) is 13.2 Å². The number of halogens is 4. The summed E-state index contributed by atoms with van der Waals surface area (Å²) < 4.78 is 48.1. The highest BCUT2D eigenvalue weighted by Gasteiger charge is 2.30.